The van der Waals surface area contributed by atoms with E-state index in [4.69, 9.17) is 13.9 Å². The zero-order chi connectivity index (χ0) is 22.5. The lowest BCUT2D eigenvalue weighted by molar-refractivity contribution is -0.132. The van der Waals surface area contributed by atoms with Gasteiger partial charge in [-0.15, -0.1) is 0 Å². The molecule has 1 aromatic rings. The fourth-order valence-electron chi connectivity index (χ4n) is 3.73. The lowest BCUT2D eigenvalue weighted by atomic mass is 9.84. The molecule has 170 valence electrons. The molecule has 1 aliphatic heterocycles. The van der Waals surface area contributed by atoms with Gasteiger partial charge in [0.05, 0.1) is 24.4 Å². The van der Waals surface area contributed by atoms with Gasteiger partial charge in [-0.25, -0.2) is 4.79 Å². The molecule has 5 heteroatoms. The summed E-state index contributed by atoms with van der Waals surface area (Å²) in [6.45, 7) is 19.2. The summed E-state index contributed by atoms with van der Waals surface area (Å²) in [7, 11) is -1.76. The molecule has 0 aliphatic carbocycles. The zero-order valence-electron chi connectivity index (χ0n) is 20.2. The van der Waals surface area contributed by atoms with Crippen LogP contribution in [0.4, 0.5) is 0 Å². The first kappa shape index (κ1) is 25.1. The van der Waals surface area contributed by atoms with Gasteiger partial charge in [-0.1, -0.05) is 59.7 Å². The predicted octanol–water partition coefficient (Wildman–Crippen LogP) is 6.32. The molecule has 0 aromatic heterocycles. The van der Waals surface area contributed by atoms with Gasteiger partial charge in [-0.05, 0) is 49.0 Å². The Bertz CT molecular complexity index is 667. The molecule has 0 amide bonds. The van der Waals surface area contributed by atoms with Crippen LogP contribution < -0.4 is 0 Å². The zero-order valence-corrected chi connectivity index (χ0v) is 21.2. The molecular weight excluding hydrogens is 392 g/mol. The average Bonchev–Trinajstić information content (AvgIpc) is 2.70. The maximum absolute atomic E-state index is 12.2. The van der Waals surface area contributed by atoms with Crippen molar-refractivity contribution in [3.05, 3.63) is 35.9 Å². The van der Waals surface area contributed by atoms with Gasteiger partial charge in [0.25, 0.3) is 0 Å². The quantitative estimate of drug-likeness (QED) is 0.355. The molecule has 1 saturated heterocycles. The van der Waals surface area contributed by atoms with Crippen molar-refractivity contribution in [1.29, 1.82) is 0 Å². The van der Waals surface area contributed by atoms with Crippen LogP contribution in [0.1, 0.15) is 64.7 Å². The molecule has 1 heterocycles. The largest absolute Gasteiger partial charge is 0.462 e. The maximum atomic E-state index is 12.2. The van der Waals surface area contributed by atoms with E-state index in [0.29, 0.717) is 24.0 Å². The molecule has 1 fully saturated rings. The van der Waals surface area contributed by atoms with E-state index in [1.807, 2.05) is 18.2 Å². The van der Waals surface area contributed by atoms with E-state index in [1.54, 1.807) is 12.1 Å². The van der Waals surface area contributed by atoms with E-state index in [1.165, 1.54) is 0 Å². The number of hydrogen-bond donors (Lipinski definition) is 0. The van der Waals surface area contributed by atoms with Crippen LogP contribution in [0, 0.1) is 17.8 Å². The second kappa shape index (κ2) is 10.4. The van der Waals surface area contributed by atoms with E-state index in [0.717, 1.165) is 19.4 Å². The van der Waals surface area contributed by atoms with Crippen LogP contribution >= 0.6 is 0 Å². The highest BCUT2D eigenvalue weighted by molar-refractivity contribution is 6.74. The van der Waals surface area contributed by atoms with E-state index in [2.05, 4.69) is 54.6 Å². The third-order valence-corrected chi connectivity index (χ3v) is 11.5. The number of carbonyl (C=O) groups excluding carboxylic acids is 1. The fourth-order valence-corrected chi connectivity index (χ4v) is 4.84. The standard InChI is InChI=1S/C25H42O4Si/c1-18-14-15-22(19(2)16-27-24(26)21-12-10-9-11-13-21)29-23(18)20(3)17-28-30(7,8)25(4,5)6/h9-13,18-20,22-23H,14-17H2,1-8H3/t18-,19+,20-,22+,23+/m0/s1. The number of carbonyl (C=O) groups is 1. The van der Waals surface area contributed by atoms with Crippen molar-refractivity contribution in [1.82, 2.24) is 0 Å². The van der Waals surface area contributed by atoms with E-state index in [-0.39, 0.29) is 29.1 Å². The Morgan fingerprint density at radius 2 is 1.73 bits per heavy atom. The Morgan fingerprint density at radius 1 is 1.10 bits per heavy atom. The van der Waals surface area contributed by atoms with E-state index < -0.39 is 8.32 Å². The van der Waals surface area contributed by atoms with Gasteiger partial charge in [0.15, 0.2) is 8.32 Å². The van der Waals surface area contributed by atoms with E-state index in [9.17, 15) is 4.79 Å². The van der Waals surface area contributed by atoms with Crippen molar-refractivity contribution in [3.63, 3.8) is 0 Å². The summed E-state index contributed by atoms with van der Waals surface area (Å²) in [5.74, 6) is 0.759. The van der Waals surface area contributed by atoms with Gasteiger partial charge in [-0.2, -0.15) is 0 Å². The van der Waals surface area contributed by atoms with Crippen LogP contribution in [0.25, 0.3) is 0 Å². The minimum Gasteiger partial charge on any atom is -0.462 e. The average molecular weight is 435 g/mol. The van der Waals surface area contributed by atoms with Crippen LogP contribution in [0.3, 0.4) is 0 Å². The molecule has 2 rings (SSSR count). The highest BCUT2D eigenvalue weighted by atomic mass is 28.4. The van der Waals surface area contributed by atoms with Crippen molar-refractivity contribution in [2.45, 2.75) is 84.7 Å². The van der Waals surface area contributed by atoms with Crippen LogP contribution in [0.5, 0.6) is 0 Å². The van der Waals surface area contributed by atoms with Gasteiger partial charge >= 0.3 is 5.97 Å². The Balaban J connectivity index is 1.88. The van der Waals surface area contributed by atoms with Crippen molar-refractivity contribution in [3.8, 4) is 0 Å². The summed E-state index contributed by atoms with van der Waals surface area (Å²) in [4.78, 5) is 12.2. The smallest absolute Gasteiger partial charge is 0.338 e. The Kier molecular flexibility index (Phi) is 8.72. The normalized spacial score (nSPS) is 24.9. The number of ether oxygens (including phenoxy) is 2. The first-order chi connectivity index (χ1) is 13.9. The van der Waals surface area contributed by atoms with Crippen molar-refractivity contribution in [2.24, 2.45) is 17.8 Å². The van der Waals surface area contributed by atoms with Crippen LogP contribution in [-0.4, -0.2) is 39.7 Å². The molecule has 30 heavy (non-hydrogen) atoms. The Labute approximate surface area is 184 Å². The predicted molar refractivity (Wildman–Crippen MR) is 125 cm³/mol. The molecule has 0 N–H and O–H groups in total. The number of benzene rings is 1. The highest BCUT2D eigenvalue weighted by Gasteiger charge is 2.39. The van der Waals surface area contributed by atoms with Crippen LogP contribution in [0.15, 0.2) is 30.3 Å². The summed E-state index contributed by atoms with van der Waals surface area (Å²) in [5, 5.41) is 0.214. The van der Waals surface area contributed by atoms with Crippen LogP contribution in [-0.2, 0) is 13.9 Å². The topological polar surface area (TPSA) is 44.8 Å². The van der Waals surface area contributed by atoms with Crippen LogP contribution in [0.2, 0.25) is 18.1 Å². The fraction of sp³-hybridized carbons (Fsp3) is 0.720. The molecule has 1 aliphatic rings. The van der Waals surface area contributed by atoms with Gasteiger partial charge in [0.1, 0.15) is 0 Å². The first-order valence-corrected chi connectivity index (χ1v) is 14.3. The minimum atomic E-state index is -1.76. The molecule has 1 aromatic carbocycles. The van der Waals surface area contributed by atoms with Crippen molar-refractivity contribution >= 4 is 14.3 Å². The lowest BCUT2D eigenvalue weighted by Gasteiger charge is -2.42. The maximum Gasteiger partial charge on any atom is 0.338 e. The molecule has 0 unspecified atom stereocenters. The number of rotatable bonds is 8. The number of hydrogen-bond acceptors (Lipinski definition) is 4. The summed E-state index contributed by atoms with van der Waals surface area (Å²) in [5.41, 5.74) is 0.595. The third kappa shape index (κ3) is 6.66. The molecule has 0 bridgehead atoms. The Hall–Kier alpha value is -1.17. The summed E-state index contributed by atoms with van der Waals surface area (Å²) >= 11 is 0. The van der Waals surface area contributed by atoms with Gasteiger partial charge < -0.3 is 13.9 Å². The highest BCUT2D eigenvalue weighted by Crippen LogP contribution is 2.38. The second-order valence-corrected chi connectivity index (χ2v) is 15.5. The summed E-state index contributed by atoms with van der Waals surface area (Å²) in [6, 6.07) is 9.16. The molecule has 0 radical (unpaired) electrons. The molecule has 0 saturated carbocycles. The summed E-state index contributed by atoms with van der Waals surface area (Å²) < 4.78 is 18.6. The first-order valence-electron chi connectivity index (χ1n) is 11.4. The lowest BCUT2D eigenvalue weighted by Crippen LogP contribution is -2.46. The molecular formula is C25H42O4Si. The molecule has 0 spiro atoms. The molecule has 5 atom stereocenters. The SMILES string of the molecule is C[C@H](COC(=O)c1ccccc1)[C@H]1CC[C@H](C)[C@H]([C@@H](C)CO[Si](C)(C)C(C)(C)C)O1. The minimum absolute atomic E-state index is 0.116. The van der Waals surface area contributed by atoms with Gasteiger partial charge in [0.2, 0.25) is 0 Å². The Morgan fingerprint density at radius 3 is 2.33 bits per heavy atom. The van der Waals surface area contributed by atoms with Crippen molar-refractivity contribution < 1.29 is 18.7 Å². The summed E-state index contributed by atoms with van der Waals surface area (Å²) in [6.07, 6.45) is 2.44. The van der Waals surface area contributed by atoms with E-state index >= 15 is 0 Å². The number of esters is 1. The van der Waals surface area contributed by atoms with Gasteiger partial charge in [-0.3, -0.25) is 0 Å². The third-order valence-electron chi connectivity index (χ3n) is 6.99. The second-order valence-electron chi connectivity index (χ2n) is 10.7. The van der Waals surface area contributed by atoms with Gasteiger partial charge in [0, 0.05) is 18.4 Å². The monoisotopic (exact) mass is 434 g/mol. The van der Waals surface area contributed by atoms with Crippen molar-refractivity contribution in [2.75, 3.05) is 13.2 Å². The molecule has 4 nitrogen and oxygen atoms in total.